The van der Waals surface area contributed by atoms with E-state index >= 15 is 0 Å². The molecule has 0 saturated carbocycles. The van der Waals surface area contributed by atoms with Crippen LogP contribution in [0.4, 0.5) is 0 Å². The molecule has 0 fully saturated rings. The molecule has 5 nitrogen and oxygen atoms in total. The van der Waals surface area contributed by atoms with Gasteiger partial charge in [-0.05, 0) is 44.0 Å². The molecule has 0 amide bonds. The van der Waals surface area contributed by atoms with Gasteiger partial charge >= 0.3 is 5.97 Å². The van der Waals surface area contributed by atoms with E-state index in [9.17, 15) is 9.59 Å². The molecule has 0 aliphatic rings. The van der Waals surface area contributed by atoms with E-state index < -0.39 is 5.97 Å². The van der Waals surface area contributed by atoms with Gasteiger partial charge in [-0.25, -0.2) is 4.79 Å². The topological polar surface area (TPSA) is 72.8 Å². The van der Waals surface area contributed by atoms with Crippen LogP contribution < -0.4 is 4.74 Å². The summed E-state index contributed by atoms with van der Waals surface area (Å²) >= 11 is 0. The van der Waals surface area contributed by atoms with E-state index in [1.807, 2.05) is 20.8 Å². The van der Waals surface area contributed by atoms with Gasteiger partial charge in [-0.3, -0.25) is 4.79 Å². The van der Waals surface area contributed by atoms with E-state index in [1.165, 1.54) is 12.1 Å². The summed E-state index contributed by atoms with van der Waals surface area (Å²) in [7, 11) is 0. The first kappa shape index (κ1) is 22.0. The molecule has 0 unspecified atom stereocenters. The molecule has 0 aromatic heterocycles. The van der Waals surface area contributed by atoms with Crippen LogP contribution in [0.25, 0.3) is 0 Å². The minimum atomic E-state index is -0.956. The fourth-order valence-corrected chi connectivity index (χ4v) is 1.22. The van der Waals surface area contributed by atoms with E-state index in [2.05, 4.69) is 11.3 Å². The number of rotatable bonds is 8. The standard InChI is InChI=1S/C12H14O5.C3H6.C2H6/c13-9-16-7-1-2-8-17-11-5-3-10(4-6-11)12(14)15;1-3-2;1-2/h3-6,9H,1-2,7-8H2,(H,14,15);3H,1H2,2H3;1-2H3. The number of carboxylic acid groups (broad SMARTS) is 1. The van der Waals surface area contributed by atoms with Crippen molar-refractivity contribution in [2.75, 3.05) is 13.2 Å². The Hall–Kier alpha value is -2.30. The predicted molar refractivity (Wildman–Crippen MR) is 87.4 cm³/mol. The van der Waals surface area contributed by atoms with Crippen LogP contribution in [0, 0.1) is 0 Å². The van der Waals surface area contributed by atoms with Crippen molar-refractivity contribution in [1.29, 1.82) is 0 Å². The van der Waals surface area contributed by atoms with Crippen molar-refractivity contribution in [3.05, 3.63) is 42.5 Å². The molecule has 1 rings (SSSR count). The van der Waals surface area contributed by atoms with E-state index in [1.54, 1.807) is 18.2 Å². The minimum absolute atomic E-state index is 0.233. The van der Waals surface area contributed by atoms with Gasteiger partial charge in [-0.1, -0.05) is 19.9 Å². The molecule has 1 aromatic carbocycles. The van der Waals surface area contributed by atoms with E-state index in [0.717, 1.165) is 12.8 Å². The SMILES string of the molecule is C=CC.CC.O=COCCCCOc1ccc(C(=O)O)cc1. The molecule has 0 spiro atoms. The predicted octanol–water partition coefficient (Wildman–Crippen LogP) is 3.94. The van der Waals surface area contributed by atoms with Crippen molar-refractivity contribution in [2.24, 2.45) is 0 Å². The third kappa shape index (κ3) is 12.7. The Balaban J connectivity index is 0. The molecular formula is C17H26O5. The largest absolute Gasteiger partial charge is 0.494 e. The highest BCUT2D eigenvalue weighted by atomic mass is 16.5. The number of hydrogen-bond acceptors (Lipinski definition) is 4. The maximum Gasteiger partial charge on any atom is 0.335 e. The normalized spacial score (nSPS) is 8.32. The Morgan fingerprint density at radius 1 is 1.18 bits per heavy atom. The molecule has 0 aliphatic carbocycles. The highest BCUT2D eigenvalue weighted by Crippen LogP contribution is 2.12. The third-order valence-corrected chi connectivity index (χ3v) is 2.09. The maximum absolute atomic E-state index is 10.6. The second-order valence-corrected chi connectivity index (χ2v) is 3.76. The van der Waals surface area contributed by atoms with Crippen LogP contribution in [0.5, 0.6) is 5.75 Å². The molecule has 0 radical (unpaired) electrons. The number of ether oxygens (including phenoxy) is 2. The van der Waals surface area contributed by atoms with Crippen molar-refractivity contribution < 1.29 is 24.2 Å². The Kier molecular flexibility index (Phi) is 16.7. The van der Waals surface area contributed by atoms with Gasteiger partial charge in [0.05, 0.1) is 18.8 Å². The molecule has 0 saturated heterocycles. The number of hydrogen-bond donors (Lipinski definition) is 1. The van der Waals surface area contributed by atoms with Gasteiger partial charge in [-0.15, -0.1) is 6.58 Å². The molecule has 1 N–H and O–H groups in total. The average Bonchev–Trinajstić information content (AvgIpc) is 2.54. The van der Waals surface area contributed by atoms with Crippen LogP contribution in [0.15, 0.2) is 36.9 Å². The molecule has 0 bridgehead atoms. The van der Waals surface area contributed by atoms with Gasteiger partial charge < -0.3 is 14.6 Å². The minimum Gasteiger partial charge on any atom is -0.494 e. The second-order valence-electron chi connectivity index (χ2n) is 3.76. The quantitative estimate of drug-likeness (QED) is 0.447. The summed E-state index contributed by atoms with van der Waals surface area (Å²) in [5, 5.41) is 8.69. The maximum atomic E-state index is 10.6. The lowest BCUT2D eigenvalue weighted by atomic mass is 10.2. The van der Waals surface area contributed by atoms with Crippen LogP contribution in [0.2, 0.25) is 0 Å². The molecule has 124 valence electrons. The molecule has 22 heavy (non-hydrogen) atoms. The van der Waals surface area contributed by atoms with Crippen molar-refractivity contribution in [3.8, 4) is 5.75 Å². The summed E-state index contributed by atoms with van der Waals surface area (Å²) in [6.45, 7) is 10.6. The van der Waals surface area contributed by atoms with Gasteiger partial charge in [0.1, 0.15) is 5.75 Å². The summed E-state index contributed by atoms with van der Waals surface area (Å²) in [5.41, 5.74) is 0.233. The smallest absolute Gasteiger partial charge is 0.335 e. The molecule has 1 aromatic rings. The number of carbonyl (C=O) groups is 2. The summed E-state index contributed by atoms with van der Waals surface area (Å²) in [6.07, 6.45) is 3.26. The molecule has 0 heterocycles. The van der Waals surface area contributed by atoms with Crippen LogP contribution in [-0.4, -0.2) is 30.8 Å². The second kappa shape index (κ2) is 16.8. The van der Waals surface area contributed by atoms with Gasteiger partial charge in [0.15, 0.2) is 0 Å². The Morgan fingerprint density at radius 2 is 1.68 bits per heavy atom. The molecule has 0 atom stereocenters. The van der Waals surface area contributed by atoms with Crippen LogP contribution in [-0.2, 0) is 9.53 Å². The third-order valence-electron chi connectivity index (χ3n) is 2.09. The first-order chi connectivity index (χ1) is 10.7. The van der Waals surface area contributed by atoms with Crippen LogP contribution in [0.1, 0.15) is 44.0 Å². The fraction of sp³-hybridized carbons (Fsp3) is 0.412. The van der Waals surface area contributed by atoms with Crippen molar-refractivity contribution >= 4 is 12.4 Å². The number of allylic oxidation sites excluding steroid dienone is 1. The zero-order valence-electron chi connectivity index (χ0n) is 13.6. The van der Waals surface area contributed by atoms with Gasteiger partial charge in [0.2, 0.25) is 0 Å². The highest BCUT2D eigenvalue weighted by molar-refractivity contribution is 5.87. The number of aromatic carboxylic acids is 1. The number of unbranched alkanes of at least 4 members (excludes halogenated alkanes) is 1. The van der Waals surface area contributed by atoms with E-state index in [0.29, 0.717) is 25.4 Å². The summed E-state index contributed by atoms with van der Waals surface area (Å²) in [5.74, 6) is -0.325. The Labute approximate surface area is 132 Å². The van der Waals surface area contributed by atoms with E-state index in [4.69, 9.17) is 9.84 Å². The lowest BCUT2D eigenvalue weighted by Crippen LogP contribution is -2.01. The summed E-state index contributed by atoms with van der Waals surface area (Å²) in [4.78, 5) is 20.4. The summed E-state index contributed by atoms with van der Waals surface area (Å²) < 4.78 is 9.91. The summed E-state index contributed by atoms with van der Waals surface area (Å²) in [6, 6.07) is 6.22. The molecule has 5 heteroatoms. The first-order valence-electron chi connectivity index (χ1n) is 7.24. The lowest BCUT2D eigenvalue weighted by Gasteiger charge is -2.05. The Bertz CT molecular complexity index is 398. The number of benzene rings is 1. The van der Waals surface area contributed by atoms with Crippen LogP contribution >= 0.6 is 0 Å². The van der Waals surface area contributed by atoms with Crippen LogP contribution in [0.3, 0.4) is 0 Å². The molecular weight excluding hydrogens is 284 g/mol. The zero-order valence-corrected chi connectivity index (χ0v) is 13.6. The van der Waals surface area contributed by atoms with Crippen molar-refractivity contribution in [1.82, 2.24) is 0 Å². The van der Waals surface area contributed by atoms with Gasteiger partial charge in [0.25, 0.3) is 6.47 Å². The van der Waals surface area contributed by atoms with E-state index in [-0.39, 0.29) is 5.56 Å². The molecule has 0 aliphatic heterocycles. The monoisotopic (exact) mass is 310 g/mol. The first-order valence-corrected chi connectivity index (χ1v) is 7.24. The van der Waals surface area contributed by atoms with Crippen molar-refractivity contribution in [3.63, 3.8) is 0 Å². The zero-order chi connectivity index (χ0) is 17.2. The number of carbonyl (C=O) groups excluding carboxylic acids is 1. The lowest BCUT2D eigenvalue weighted by molar-refractivity contribution is -0.128. The fourth-order valence-electron chi connectivity index (χ4n) is 1.22. The highest BCUT2D eigenvalue weighted by Gasteiger charge is 2.01. The van der Waals surface area contributed by atoms with Gasteiger partial charge in [-0.2, -0.15) is 0 Å². The average molecular weight is 310 g/mol. The van der Waals surface area contributed by atoms with Gasteiger partial charge in [0, 0.05) is 0 Å². The number of carboxylic acids is 1. The van der Waals surface area contributed by atoms with Crippen molar-refractivity contribution in [2.45, 2.75) is 33.6 Å². The Morgan fingerprint density at radius 3 is 2.14 bits per heavy atom.